The highest BCUT2D eigenvalue weighted by Gasteiger charge is 2.13. The maximum absolute atomic E-state index is 12.8. The van der Waals surface area contributed by atoms with Crippen LogP contribution in [0, 0.1) is 0 Å². The number of amides is 1. The van der Waals surface area contributed by atoms with E-state index in [-0.39, 0.29) is 5.91 Å². The first-order valence-corrected chi connectivity index (χ1v) is 11.0. The van der Waals surface area contributed by atoms with Crippen molar-refractivity contribution in [2.24, 2.45) is 0 Å². The van der Waals surface area contributed by atoms with Crippen LogP contribution >= 0.6 is 23.8 Å². The minimum atomic E-state index is -0.231. The van der Waals surface area contributed by atoms with Gasteiger partial charge < -0.3 is 25.4 Å². The summed E-state index contributed by atoms with van der Waals surface area (Å²) in [6, 6.07) is 19.8. The lowest BCUT2D eigenvalue weighted by Crippen LogP contribution is -2.19. The Morgan fingerprint density at radius 2 is 1.56 bits per heavy atom. The van der Waals surface area contributed by atoms with Crippen molar-refractivity contribution >= 4 is 62.8 Å². The fraction of sp³-hybridized carbons (Fsp3) is 0.0800. The van der Waals surface area contributed by atoms with Crippen LogP contribution in [0.4, 0.5) is 17.1 Å². The number of nitrogens with one attached hydrogen (secondary N) is 3. The monoisotopic (exact) mass is 492 g/mol. The number of hydrogen-bond acceptors (Lipinski definition) is 5. The molecule has 0 saturated heterocycles. The lowest BCUT2D eigenvalue weighted by molar-refractivity contribution is 0.102. The van der Waals surface area contributed by atoms with Crippen molar-refractivity contribution in [1.29, 1.82) is 0 Å². The molecule has 0 aliphatic rings. The zero-order valence-electron chi connectivity index (χ0n) is 18.4. The van der Waals surface area contributed by atoms with E-state index in [9.17, 15) is 4.79 Å². The molecule has 0 bridgehead atoms. The summed E-state index contributed by atoms with van der Waals surface area (Å²) in [5, 5.41) is 10.7. The molecule has 0 saturated carbocycles. The number of methoxy groups -OCH3 is 2. The average molecular weight is 493 g/mol. The van der Waals surface area contributed by atoms with E-state index in [4.69, 9.17) is 33.3 Å². The molecule has 0 unspecified atom stereocenters. The number of ether oxygens (including phenoxy) is 2. The van der Waals surface area contributed by atoms with Gasteiger partial charge in [0.1, 0.15) is 11.5 Å². The van der Waals surface area contributed by atoms with E-state index in [1.54, 1.807) is 43.6 Å². The van der Waals surface area contributed by atoms with Crippen molar-refractivity contribution in [3.05, 3.63) is 83.5 Å². The van der Waals surface area contributed by atoms with Gasteiger partial charge in [0.15, 0.2) is 5.11 Å². The summed E-state index contributed by atoms with van der Waals surface area (Å²) in [5.74, 6) is 0.803. The summed E-state index contributed by atoms with van der Waals surface area (Å²) in [7, 11) is 3.08. The van der Waals surface area contributed by atoms with Crippen molar-refractivity contribution in [2.45, 2.75) is 0 Å². The van der Waals surface area contributed by atoms with Gasteiger partial charge in [-0.05, 0) is 54.7 Å². The van der Waals surface area contributed by atoms with Crippen LogP contribution in [0.2, 0.25) is 5.02 Å². The van der Waals surface area contributed by atoms with E-state index in [0.717, 1.165) is 11.1 Å². The van der Waals surface area contributed by atoms with Crippen molar-refractivity contribution in [3.63, 3.8) is 0 Å². The molecular weight excluding hydrogens is 472 g/mol. The molecule has 3 aromatic carbocycles. The van der Waals surface area contributed by atoms with Gasteiger partial charge in [0.25, 0.3) is 5.91 Å². The predicted octanol–water partition coefficient (Wildman–Crippen LogP) is 5.97. The van der Waals surface area contributed by atoms with Crippen LogP contribution in [0.1, 0.15) is 10.4 Å². The molecule has 34 heavy (non-hydrogen) atoms. The molecule has 0 atom stereocenters. The average Bonchev–Trinajstić information content (AvgIpc) is 2.85. The van der Waals surface area contributed by atoms with Gasteiger partial charge in [0.2, 0.25) is 0 Å². The first kappa shape index (κ1) is 23.3. The Hall–Kier alpha value is -3.88. The number of benzene rings is 3. The normalized spacial score (nSPS) is 10.4. The molecule has 1 heterocycles. The fourth-order valence-corrected chi connectivity index (χ4v) is 3.83. The van der Waals surface area contributed by atoms with E-state index < -0.39 is 0 Å². The molecule has 1 aromatic heterocycles. The number of fused-ring (bicyclic) bond motifs is 1. The van der Waals surface area contributed by atoms with Crippen LogP contribution in [0.3, 0.4) is 0 Å². The Bertz CT molecular complexity index is 1360. The van der Waals surface area contributed by atoms with Gasteiger partial charge in [0, 0.05) is 29.0 Å². The summed E-state index contributed by atoms with van der Waals surface area (Å²) in [5.41, 5.74) is 3.15. The fourth-order valence-electron chi connectivity index (χ4n) is 3.37. The van der Waals surface area contributed by atoms with Crippen LogP contribution in [-0.2, 0) is 0 Å². The minimum absolute atomic E-state index is 0.231. The third-order valence-corrected chi connectivity index (χ3v) is 5.50. The second-order valence-corrected chi connectivity index (χ2v) is 7.99. The first-order valence-electron chi connectivity index (χ1n) is 10.2. The molecule has 4 rings (SSSR count). The molecule has 4 aromatic rings. The lowest BCUT2D eigenvalue weighted by Gasteiger charge is -2.15. The summed E-state index contributed by atoms with van der Waals surface area (Å²) < 4.78 is 10.6. The standard InChI is InChI=1S/C25H21ClN4O3S/c1-32-21-14-22(33-2)20(13-19(21)26)30-25(34)29-17-10-8-16(9-11-17)28-24(31)18-7-3-5-15-6-4-12-27-23(15)18/h3-14H,1-2H3,(H,28,31)(H2,29,30,34). The van der Waals surface area contributed by atoms with Gasteiger partial charge in [-0.15, -0.1) is 0 Å². The number of hydrogen-bond donors (Lipinski definition) is 3. The van der Waals surface area contributed by atoms with E-state index in [2.05, 4.69) is 20.9 Å². The van der Waals surface area contributed by atoms with Crippen molar-refractivity contribution < 1.29 is 14.3 Å². The number of pyridine rings is 1. The van der Waals surface area contributed by atoms with Crippen molar-refractivity contribution in [2.75, 3.05) is 30.2 Å². The number of carbonyl (C=O) groups excluding carboxylic acids is 1. The Kier molecular flexibility index (Phi) is 7.10. The summed E-state index contributed by atoms with van der Waals surface area (Å²) in [6.45, 7) is 0. The summed E-state index contributed by atoms with van der Waals surface area (Å²) >= 11 is 11.6. The van der Waals surface area contributed by atoms with Gasteiger partial charge in [-0.3, -0.25) is 9.78 Å². The Balaban J connectivity index is 1.41. The highest BCUT2D eigenvalue weighted by Crippen LogP contribution is 2.36. The number of anilines is 3. The van der Waals surface area contributed by atoms with Gasteiger partial charge >= 0.3 is 0 Å². The van der Waals surface area contributed by atoms with E-state index in [1.165, 1.54) is 7.11 Å². The minimum Gasteiger partial charge on any atom is -0.495 e. The highest BCUT2D eigenvalue weighted by atomic mass is 35.5. The highest BCUT2D eigenvalue weighted by molar-refractivity contribution is 7.80. The zero-order valence-corrected chi connectivity index (χ0v) is 20.0. The van der Waals surface area contributed by atoms with Crippen LogP contribution in [0.5, 0.6) is 11.5 Å². The second kappa shape index (κ2) is 10.4. The third kappa shape index (κ3) is 5.19. The Morgan fingerprint density at radius 1 is 0.882 bits per heavy atom. The Morgan fingerprint density at radius 3 is 2.26 bits per heavy atom. The number of aromatic nitrogens is 1. The molecular formula is C25H21ClN4O3S. The number of carbonyl (C=O) groups is 1. The summed E-state index contributed by atoms with van der Waals surface area (Å²) in [4.78, 5) is 17.1. The molecule has 172 valence electrons. The number of rotatable bonds is 6. The maximum Gasteiger partial charge on any atom is 0.257 e. The zero-order chi connectivity index (χ0) is 24.1. The summed E-state index contributed by atoms with van der Waals surface area (Å²) in [6.07, 6.45) is 1.67. The second-order valence-electron chi connectivity index (χ2n) is 7.18. The topological polar surface area (TPSA) is 84.5 Å². The predicted molar refractivity (Wildman–Crippen MR) is 141 cm³/mol. The van der Waals surface area contributed by atoms with Crippen LogP contribution in [-0.4, -0.2) is 30.2 Å². The molecule has 9 heteroatoms. The molecule has 0 aliphatic heterocycles. The SMILES string of the molecule is COc1cc(OC)c(NC(=S)Nc2ccc(NC(=O)c3cccc4cccnc34)cc2)cc1Cl. The van der Waals surface area contributed by atoms with E-state index in [0.29, 0.717) is 44.1 Å². The van der Waals surface area contributed by atoms with Gasteiger partial charge in [-0.1, -0.05) is 29.8 Å². The third-order valence-electron chi connectivity index (χ3n) is 5.00. The number of para-hydroxylation sites is 1. The molecule has 0 spiro atoms. The van der Waals surface area contributed by atoms with Crippen molar-refractivity contribution in [1.82, 2.24) is 4.98 Å². The van der Waals surface area contributed by atoms with Gasteiger partial charge in [0.05, 0.1) is 36.0 Å². The smallest absolute Gasteiger partial charge is 0.257 e. The number of nitrogens with zero attached hydrogens (tertiary/aromatic N) is 1. The maximum atomic E-state index is 12.8. The van der Waals surface area contributed by atoms with Crippen molar-refractivity contribution in [3.8, 4) is 11.5 Å². The number of halogens is 1. The lowest BCUT2D eigenvalue weighted by atomic mass is 10.1. The molecule has 0 aliphatic carbocycles. The van der Waals surface area contributed by atoms with Gasteiger partial charge in [-0.25, -0.2) is 0 Å². The van der Waals surface area contributed by atoms with E-state index >= 15 is 0 Å². The van der Waals surface area contributed by atoms with Crippen LogP contribution < -0.4 is 25.4 Å². The molecule has 7 nitrogen and oxygen atoms in total. The van der Waals surface area contributed by atoms with E-state index in [1.807, 2.05) is 36.4 Å². The molecule has 3 N–H and O–H groups in total. The van der Waals surface area contributed by atoms with Gasteiger partial charge in [-0.2, -0.15) is 0 Å². The Labute approximate surface area is 207 Å². The molecule has 0 fully saturated rings. The van der Waals surface area contributed by atoms with Crippen LogP contribution in [0.15, 0.2) is 72.9 Å². The molecule has 1 amide bonds. The number of thiocarbonyl (C=S) groups is 1. The molecule has 0 radical (unpaired) electrons. The quantitative estimate of drug-likeness (QED) is 0.286. The van der Waals surface area contributed by atoms with Crippen LogP contribution in [0.25, 0.3) is 10.9 Å². The first-order chi connectivity index (χ1) is 16.5. The largest absolute Gasteiger partial charge is 0.495 e.